The number of Topliss-reactive ketones (excluding diaryl/α,β-unsaturated/α-hetero) is 1. The topological polar surface area (TPSA) is 77.8 Å². The molecule has 0 spiro atoms. The number of hydrogen-bond donors (Lipinski definition) is 2. The van der Waals surface area contributed by atoms with Crippen molar-refractivity contribution in [3.8, 4) is 0 Å². The average molecular weight is 383 g/mol. The Hall–Kier alpha value is -2.30. The summed E-state index contributed by atoms with van der Waals surface area (Å²) in [6, 6.07) is 15.3. The summed E-state index contributed by atoms with van der Waals surface area (Å²) in [4.78, 5) is 32.2. The second kappa shape index (κ2) is 7.75. The average Bonchev–Trinajstić information content (AvgIpc) is 2.61. The van der Waals surface area contributed by atoms with Crippen LogP contribution in [0.4, 0.5) is 0 Å². The van der Waals surface area contributed by atoms with Crippen molar-refractivity contribution >= 4 is 25.7 Å². The highest BCUT2D eigenvalue weighted by Gasteiger charge is 2.35. The minimum absolute atomic E-state index is 0.0811. The highest BCUT2D eigenvalue weighted by molar-refractivity contribution is 7.49. The Morgan fingerprint density at radius 2 is 1.19 bits per heavy atom. The van der Waals surface area contributed by atoms with E-state index in [1.54, 1.807) is 12.2 Å². The molecule has 0 amide bonds. The van der Waals surface area contributed by atoms with E-state index in [1.165, 1.54) is 0 Å². The molecule has 2 aromatic rings. The minimum atomic E-state index is -4.47. The molecule has 0 aliphatic carbocycles. The Balaban J connectivity index is 2.00. The lowest BCUT2D eigenvalue weighted by molar-refractivity contribution is -0.113. The predicted octanol–water partition coefficient (Wildman–Crippen LogP) is 3.75. The zero-order chi connectivity index (χ0) is 19.6. The van der Waals surface area contributed by atoms with Crippen molar-refractivity contribution in [2.75, 3.05) is 13.1 Å². The van der Waals surface area contributed by atoms with Crippen LogP contribution in [0.5, 0.6) is 0 Å². The van der Waals surface area contributed by atoms with E-state index in [-0.39, 0.29) is 18.9 Å². The molecular formula is C21H22NO4P. The molecule has 140 valence electrons. The lowest BCUT2D eigenvalue weighted by Gasteiger charge is -2.29. The van der Waals surface area contributed by atoms with E-state index < -0.39 is 7.75 Å². The minimum Gasteiger partial charge on any atom is -0.312 e. The van der Waals surface area contributed by atoms with Crippen LogP contribution in [0.3, 0.4) is 0 Å². The monoisotopic (exact) mass is 383 g/mol. The Morgan fingerprint density at radius 3 is 1.52 bits per heavy atom. The summed E-state index contributed by atoms with van der Waals surface area (Å²) in [7, 11) is -4.47. The van der Waals surface area contributed by atoms with Gasteiger partial charge in [-0.2, -0.15) is 4.67 Å². The van der Waals surface area contributed by atoms with E-state index in [4.69, 9.17) is 0 Å². The molecule has 6 heteroatoms. The summed E-state index contributed by atoms with van der Waals surface area (Å²) >= 11 is 0. The number of carbonyl (C=O) groups excluding carboxylic acids is 1. The molecule has 27 heavy (non-hydrogen) atoms. The molecule has 0 atom stereocenters. The van der Waals surface area contributed by atoms with Crippen LogP contribution in [-0.4, -0.2) is 33.3 Å². The zero-order valence-electron chi connectivity index (χ0n) is 15.3. The van der Waals surface area contributed by atoms with E-state index in [9.17, 15) is 19.1 Å². The largest absolute Gasteiger partial charge is 0.403 e. The maximum absolute atomic E-state index is 12.9. The molecule has 1 fully saturated rings. The van der Waals surface area contributed by atoms with Crippen LogP contribution in [0.2, 0.25) is 0 Å². The second-order valence-electron chi connectivity index (χ2n) is 6.83. The predicted molar refractivity (Wildman–Crippen MR) is 107 cm³/mol. The van der Waals surface area contributed by atoms with Gasteiger partial charge in [0.15, 0.2) is 5.78 Å². The van der Waals surface area contributed by atoms with Crippen molar-refractivity contribution in [2.24, 2.45) is 0 Å². The normalized spacial score (nSPS) is 19.0. The smallest absolute Gasteiger partial charge is 0.312 e. The molecule has 0 aromatic heterocycles. The molecule has 1 aliphatic heterocycles. The molecule has 1 aliphatic rings. The zero-order valence-corrected chi connectivity index (χ0v) is 16.2. The van der Waals surface area contributed by atoms with Crippen molar-refractivity contribution in [3.05, 3.63) is 81.9 Å². The first-order valence-electron chi connectivity index (χ1n) is 8.62. The van der Waals surface area contributed by atoms with E-state index in [0.717, 1.165) is 26.9 Å². The van der Waals surface area contributed by atoms with Gasteiger partial charge in [-0.3, -0.25) is 4.79 Å². The first-order valence-corrected chi connectivity index (χ1v) is 10.2. The van der Waals surface area contributed by atoms with Crippen molar-refractivity contribution in [3.63, 3.8) is 0 Å². The summed E-state index contributed by atoms with van der Waals surface area (Å²) in [6.45, 7) is 3.78. The fourth-order valence-corrected chi connectivity index (χ4v) is 3.61. The number of benzene rings is 2. The molecular weight excluding hydrogens is 361 g/mol. The van der Waals surface area contributed by atoms with Crippen LogP contribution < -0.4 is 0 Å². The van der Waals surface area contributed by atoms with Crippen LogP contribution in [-0.2, 0) is 9.36 Å². The molecule has 5 nitrogen and oxygen atoms in total. The molecule has 0 bridgehead atoms. The summed E-state index contributed by atoms with van der Waals surface area (Å²) in [5.41, 5.74) is 4.59. The molecule has 0 saturated carbocycles. The van der Waals surface area contributed by atoms with Gasteiger partial charge in [-0.15, -0.1) is 0 Å². The molecule has 1 heterocycles. The van der Waals surface area contributed by atoms with Crippen LogP contribution in [0.15, 0.2) is 59.7 Å². The number of rotatable bonds is 3. The number of ketones is 1. The number of carbonyl (C=O) groups is 1. The van der Waals surface area contributed by atoms with Gasteiger partial charge in [0, 0.05) is 24.2 Å². The molecule has 1 saturated heterocycles. The van der Waals surface area contributed by atoms with Crippen molar-refractivity contribution in [1.82, 2.24) is 4.67 Å². The first kappa shape index (κ1) is 19.5. The fourth-order valence-electron chi connectivity index (χ4n) is 2.93. The van der Waals surface area contributed by atoms with Crippen LogP contribution in [0.25, 0.3) is 12.2 Å². The van der Waals surface area contributed by atoms with Gasteiger partial charge in [-0.1, -0.05) is 59.7 Å². The third-order valence-corrected chi connectivity index (χ3v) is 5.51. The summed E-state index contributed by atoms with van der Waals surface area (Å²) in [5, 5.41) is 0. The quantitative estimate of drug-likeness (QED) is 0.624. The van der Waals surface area contributed by atoms with Crippen molar-refractivity contribution in [2.45, 2.75) is 13.8 Å². The van der Waals surface area contributed by atoms with Gasteiger partial charge in [0.2, 0.25) is 0 Å². The highest BCUT2D eigenvalue weighted by atomic mass is 31.2. The van der Waals surface area contributed by atoms with E-state index >= 15 is 0 Å². The summed E-state index contributed by atoms with van der Waals surface area (Å²) in [6.07, 6.45) is 3.40. The summed E-state index contributed by atoms with van der Waals surface area (Å²) in [5.74, 6) is -0.180. The third kappa shape index (κ3) is 4.90. The van der Waals surface area contributed by atoms with Gasteiger partial charge >= 0.3 is 7.75 Å². The second-order valence-corrected chi connectivity index (χ2v) is 8.42. The Morgan fingerprint density at radius 1 is 0.815 bits per heavy atom. The van der Waals surface area contributed by atoms with Gasteiger partial charge in [0.25, 0.3) is 0 Å². The molecule has 2 aromatic carbocycles. The van der Waals surface area contributed by atoms with Crippen molar-refractivity contribution < 1.29 is 19.1 Å². The van der Waals surface area contributed by atoms with Gasteiger partial charge in [0.1, 0.15) is 0 Å². The first-order chi connectivity index (χ1) is 12.7. The standard InChI is InChI=1S/C21H22NO4P/c1-15-3-7-17(8-4-15)11-19-13-22(27(24,25)26)14-20(21(19)23)12-18-9-5-16(2)6-10-18/h3-12H,13-14H2,1-2H3,(H2,24,25,26)/b19-11+,20-12+. The molecule has 0 radical (unpaired) electrons. The van der Waals surface area contributed by atoms with Crippen molar-refractivity contribution in [1.29, 1.82) is 0 Å². The third-order valence-electron chi connectivity index (χ3n) is 4.49. The van der Waals surface area contributed by atoms with Crippen LogP contribution >= 0.6 is 7.75 Å². The number of nitrogens with zero attached hydrogens (tertiary/aromatic N) is 1. The molecule has 0 unspecified atom stereocenters. The Labute approximate surface area is 158 Å². The maximum atomic E-state index is 12.9. The van der Waals surface area contributed by atoms with E-state index in [0.29, 0.717) is 11.1 Å². The van der Waals surface area contributed by atoms with Gasteiger partial charge in [-0.05, 0) is 37.1 Å². The summed E-state index contributed by atoms with van der Waals surface area (Å²) < 4.78 is 12.9. The Kier molecular flexibility index (Phi) is 5.59. The lowest BCUT2D eigenvalue weighted by Crippen LogP contribution is -2.35. The number of piperidine rings is 1. The molecule has 2 N–H and O–H groups in total. The van der Waals surface area contributed by atoms with E-state index in [2.05, 4.69) is 0 Å². The van der Waals surface area contributed by atoms with E-state index in [1.807, 2.05) is 62.4 Å². The SMILES string of the molecule is Cc1ccc(/C=C2\CN(P(=O)(O)O)C/C(=C\c3ccc(C)cc3)C2=O)cc1. The van der Waals surface area contributed by atoms with Gasteiger partial charge in [-0.25, -0.2) is 4.57 Å². The number of aryl methyl sites for hydroxylation is 2. The van der Waals surface area contributed by atoms with Gasteiger partial charge in [0.05, 0.1) is 0 Å². The lowest BCUT2D eigenvalue weighted by atomic mass is 9.95. The molecule has 3 rings (SSSR count). The highest BCUT2D eigenvalue weighted by Crippen LogP contribution is 2.43. The van der Waals surface area contributed by atoms with Gasteiger partial charge < -0.3 is 9.79 Å². The number of hydrogen-bond acceptors (Lipinski definition) is 2. The Bertz CT molecular complexity index is 885. The maximum Gasteiger partial charge on any atom is 0.403 e. The van der Waals surface area contributed by atoms with Crippen LogP contribution in [0, 0.1) is 13.8 Å². The fraction of sp³-hybridized carbons (Fsp3) is 0.190. The van der Waals surface area contributed by atoms with Crippen LogP contribution in [0.1, 0.15) is 22.3 Å².